The van der Waals surface area contributed by atoms with Crippen LogP contribution in [0.4, 0.5) is 8.78 Å². The Balaban J connectivity index is 2.33. The first-order valence-electron chi connectivity index (χ1n) is 4.63. The Hall–Kier alpha value is -1.33. The van der Waals surface area contributed by atoms with Crippen LogP contribution in [0.3, 0.4) is 0 Å². The van der Waals surface area contributed by atoms with E-state index < -0.39 is 17.7 Å². The van der Waals surface area contributed by atoms with Crippen molar-refractivity contribution in [3.05, 3.63) is 51.5 Å². The molecular formula is C11H9F2NOS. The van der Waals surface area contributed by atoms with Gasteiger partial charge in [0.1, 0.15) is 11.1 Å². The summed E-state index contributed by atoms with van der Waals surface area (Å²) in [7, 11) is 0. The molecule has 1 atom stereocenters. The number of aryl methyl sites for hydroxylation is 1. The van der Waals surface area contributed by atoms with E-state index in [1.165, 1.54) is 17.4 Å². The highest BCUT2D eigenvalue weighted by atomic mass is 32.1. The fourth-order valence-corrected chi connectivity index (χ4v) is 2.13. The average Bonchev–Trinajstić information content (AvgIpc) is 2.68. The number of hydrogen-bond donors (Lipinski definition) is 1. The second kappa shape index (κ2) is 4.27. The predicted octanol–water partition coefficient (Wildman–Crippen LogP) is 2.81. The van der Waals surface area contributed by atoms with Gasteiger partial charge in [0.25, 0.3) is 0 Å². The quantitative estimate of drug-likeness (QED) is 0.877. The number of aliphatic hydroxyl groups excluding tert-OH is 1. The number of rotatable bonds is 2. The lowest BCUT2D eigenvalue weighted by Crippen LogP contribution is -2.00. The Kier molecular flexibility index (Phi) is 2.98. The normalized spacial score (nSPS) is 12.8. The van der Waals surface area contributed by atoms with E-state index in [1.54, 1.807) is 12.3 Å². The highest BCUT2D eigenvalue weighted by Crippen LogP contribution is 2.25. The maximum Gasteiger partial charge on any atom is 0.159 e. The molecule has 0 aliphatic rings. The molecule has 0 aliphatic heterocycles. The van der Waals surface area contributed by atoms with E-state index in [-0.39, 0.29) is 0 Å². The fraction of sp³-hybridized carbons (Fsp3) is 0.182. The zero-order valence-electron chi connectivity index (χ0n) is 8.45. The minimum atomic E-state index is -1.01. The molecule has 2 nitrogen and oxygen atoms in total. The summed E-state index contributed by atoms with van der Waals surface area (Å²) in [6, 6.07) is 3.32. The third kappa shape index (κ3) is 2.10. The molecule has 0 fully saturated rings. The van der Waals surface area contributed by atoms with Gasteiger partial charge >= 0.3 is 0 Å². The van der Waals surface area contributed by atoms with Crippen molar-refractivity contribution < 1.29 is 13.9 Å². The summed E-state index contributed by atoms with van der Waals surface area (Å²) in [5.74, 6) is -1.89. The van der Waals surface area contributed by atoms with Crippen LogP contribution in [-0.4, -0.2) is 10.1 Å². The Morgan fingerprint density at radius 3 is 2.62 bits per heavy atom. The van der Waals surface area contributed by atoms with Crippen LogP contribution >= 0.6 is 11.3 Å². The largest absolute Gasteiger partial charge is 0.381 e. The molecule has 0 spiro atoms. The highest BCUT2D eigenvalue weighted by molar-refractivity contribution is 7.09. The van der Waals surface area contributed by atoms with Gasteiger partial charge in [0.15, 0.2) is 11.6 Å². The van der Waals surface area contributed by atoms with E-state index in [4.69, 9.17) is 0 Å². The van der Waals surface area contributed by atoms with Crippen molar-refractivity contribution in [3.63, 3.8) is 0 Å². The third-order valence-electron chi connectivity index (χ3n) is 2.13. The van der Waals surface area contributed by atoms with E-state index >= 15 is 0 Å². The molecule has 2 aromatic rings. The Labute approximate surface area is 95.2 Å². The van der Waals surface area contributed by atoms with Crippen molar-refractivity contribution in [2.45, 2.75) is 13.0 Å². The lowest BCUT2D eigenvalue weighted by molar-refractivity contribution is 0.219. The molecule has 1 N–H and O–H groups in total. The number of nitrogens with zero attached hydrogens (tertiary/aromatic N) is 1. The molecule has 0 bridgehead atoms. The lowest BCUT2D eigenvalue weighted by Gasteiger charge is -2.07. The van der Waals surface area contributed by atoms with Gasteiger partial charge in [0.05, 0.1) is 0 Å². The van der Waals surface area contributed by atoms with Gasteiger partial charge in [0, 0.05) is 11.1 Å². The Morgan fingerprint density at radius 2 is 2.06 bits per heavy atom. The Bertz CT molecular complexity index is 512. The molecule has 1 unspecified atom stereocenters. The van der Waals surface area contributed by atoms with E-state index in [2.05, 4.69) is 4.98 Å². The molecule has 0 saturated heterocycles. The van der Waals surface area contributed by atoms with Gasteiger partial charge in [-0.1, -0.05) is 6.07 Å². The van der Waals surface area contributed by atoms with Crippen molar-refractivity contribution in [2.75, 3.05) is 0 Å². The van der Waals surface area contributed by atoms with Gasteiger partial charge in [-0.05, 0) is 24.6 Å². The molecule has 0 aliphatic carbocycles. The molecule has 2 rings (SSSR count). The van der Waals surface area contributed by atoms with Gasteiger partial charge < -0.3 is 5.11 Å². The predicted molar refractivity (Wildman–Crippen MR) is 57.3 cm³/mol. The topological polar surface area (TPSA) is 33.1 Å². The summed E-state index contributed by atoms with van der Waals surface area (Å²) in [5.41, 5.74) is 1.09. The standard InChI is InChI=1S/C11H9F2NOS/c1-6-5-16-11(14-6)10(15)7-2-3-8(12)9(13)4-7/h2-5,10,15H,1H3. The molecule has 1 heterocycles. The van der Waals surface area contributed by atoms with E-state index in [9.17, 15) is 13.9 Å². The fourth-order valence-electron chi connectivity index (χ4n) is 1.32. The van der Waals surface area contributed by atoms with Crippen LogP contribution in [0, 0.1) is 18.6 Å². The second-order valence-electron chi connectivity index (χ2n) is 3.40. The monoisotopic (exact) mass is 241 g/mol. The van der Waals surface area contributed by atoms with Crippen molar-refractivity contribution in [2.24, 2.45) is 0 Å². The smallest absolute Gasteiger partial charge is 0.159 e. The van der Waals surface area contributed by atoms with Crippen LogP contribution in [0.5, 0.6) is 0 Å². The number of aliphatic hydroxyl groups is 1. The van der Waals surface area contributed by atoms with Crippen molar-refractivity contribution in [1.82, 2.24) is 4.98 Å². The molecule has 5 heteroatoms. The minimum Gasteiger partial charge on any atom is -0.381 e. The Morgan fingerprint density at radius 1 is 1.31 bits per heavy atom. The summed E-state index contributed by atoms with van der Waals surface area (Å²) < 4.78 is 25.7. The second-order valence-corrected chi connectivity index (χ2v) is 4.29. The molecule has 84 valence electrons. The number of aromatic nitrogens is 1. The van der Waals surface area contributed by atoms with Crippen molar-refractivity contribution >= 4 is 11.3 Å². The third-order valence-corrected chi connectivity index (χ3v) is 3.15. The van der Waals surface area contributed by atoms with Crippen LogP contribution in [0.2, 0.25) is 0 Å². The number of benzene rings is 1. The van der Waals surface area contributed by atoms with Gasteiger partial charge in [-0.25, -0.2) is 13.8 Å². The number of hydrogen-bond acceptors (Lipinski definition) is 3. The molecule has 0 amide bonds. The molecule has 1 aromatic carbocycles. The molecule has 1 aromatic heterocycles. The zero-order chi connectivity index (χ0) is 11.7. The van der Waals surface area contributed by atoms with Crippen LogP contribution in [-0.2, 0) is 0 Å². The minimum absolute atomic E-state index is 0.299. The van der Waals surface area contributed by atoms with E-state index in [0.29, 0.717) is 10.6 Å². The van der Waals surface area contributed by atoms with Crippen LogP contribution < -0.4 is 0 Å². The summed E-state index contributed by atoms with van der Waals surface area (Å²) in [5, 5.41) is 12.1. The number of halogens is 2. The van der Waals surface area contributed by atoms with E-state index in [0.717, 1.165) is 17.8 Å². The van der Waals surface area contributed by atoms with Crippen molar-refractivity contribution in [3.8, 4) is 0 Å². The van der Waals surface area contributed by atoms with E-state index in [1.807, 2.05) is 0 Å². The first-order valence-corrected chi connectivity index (χ1v) is 5.51. The average molecular weight is 241 g/mol. The van der Waals surface area contributed by atoms with Gasteiger partial charge in [0.2, 0.25) is 0 Å². The van der Waals surface area contributed by atoms with Gasteiger partial charge in [-0.2, -0.15) is 0 Å². The lowest BCUT2D eigenvalue weighted by atomic mass is 10.1. The van der Waals surface area contributed by atoms with Crippen LogP contribution in [0.25, 0.3) is 0 Å². The molecule has 0 radical (unpaired) electrons. The van der Waals surface area contributed by atoms with Gasteiger partial charge in [-0.3, -0.25) is 0 Å². The molecular weight excluding hydrogens is 232 g/mol. The van der Waals surface area contributed by atoms with Gasteiger partial charge in [-0.15, -0.1) is 11.3 Å². The van der Waals surface area contributed by atoms with Crippen LogP contribution in [0.15, 0.2) is 23.6 Å². The molecule has 0 saturated carbocycles. The SMILES string of the molecule is Cc1csc(C(O)c2ccc(F)c(F)c2)n1. The summed E-state index contributed by atoms with van der Waals surface area (Å²) >= 11 is 1.29. The van der Waals surface area contributed by atoms with Crippen molar-refractivity contribution in [1.29, 1.82) is 0 Å². The highest BCUT2D eigenvalue weighted by Gasteiger charge is 2.15. The first kappa shape index (κ1) is 11.2. The zero-order valence-corrected chi connectivity index (χ0v) is 9.26. The number of thiazole rings is 1. The summed E-state index contributed by atoms with van der Waals surface area (Å²) in [4.78, 5) is 4.09. The first-order chi connectivity index (χ1) is 7.58. The molecule has 16 heavy (non-hydrogen) atoms. The maximum absolute atomic E-state index is 13.0. The van der Waals surface area contributed by atoms with Crippen LogP contribution in [0.1, 0.15) is 22.4 Å². The maximum atomic E-state index is 13.0. The summed E-state index contributed by atoms with van der Waals surface area (Å²) in [6.45, 7) is 1.80. The summed E-state index contributed by atoms with van der Waals surface area (Å²) in [6.07, 6.45) is -1.01.